The maximum Gasteiger partial charge on any atom is 0.0802 e. The molecule has 0 bridgehead atoms. The van der Waals surface area contributed by atoms with Gasteiger partial charge in [-0.1, -0.05) is 42.4 Å². The van der Waals surface area contributed by atoms with E-state index >= 15 is 0 Å². The Morgan fingerprint density at radius 1 is 1.47 bits per heavy atom. The molecule has 0 saturated carbocycles. The first kappa shape index (κ1) is 16.9. The number of hydrogen-bond acceptors (Lipinski definition) is 2. The fraction of sp³-hybridized carbons (Fsp3) is 0.538. The first-order chi connectivity index (χ1) is 8.17. The van der Waals surface area contributed by atoms with Gasteiger partial charge in [0.2, 0.25) is 0 Å². The zero-order valence-corrected chi connectivity index (χ0v) is 13.7. The van der Waals surface area contributed by atoms with E-state index in [-0.39, 0.29) is 0 Å². The van der Waals surface area contributed by atoms with Crippen LogP contribution >= 0.6 is 25.4 Å². The zero-order valence-electron chi connectivity index (χ0n) is 10.9. The van der Waals surface area contributed by atoms with E-state index in [2.05, 4.69) is 49.9 Å². The van der Waals surface area contributed by atoms with Crippen molar-refractivity contribution in [1.82, 2.24) is 4.90 Å². The molecule has 4 heteroatoms. The van der Waals surface area contributed by atoms with Crippen molar-refractivity contribution < 1.29 is 4.52 Å². The summed E-state index contributed by atoms with van der Waals surface area (Å²) in [5.41, 5.74) is 1.26. The van der Waals surface area contributed by atoms with E-state index in [1.807, 2.05) is 19.9 Å². The van der Waals surface area contributed by atoms with Gasteiger partial charge in [0.25, 0.3) is 0 Å². The van der Waals surface area contributed by atoms with E-state index in [4.69, 9.17) is 4.52 Å². The van der Waals surface area contributed by atoms with Crippen LogP contribution in [-0.4, -0.2) is 24.1 Å². The van der Waals surface area contributed by atoms with Crippen molar-refractivity contribution in [2.24, 2.45) is 0 Å². The second-order valence-corrected chi connectivity index (χ2v) is 4.74. The molecule has 0 N–H and O–H groups in total. The molecule has 0 aliphatic carbocycles. The lowest BCUT2D eigenvalue weighted by atomic mass is 10.3. The second kappa shape index (κ2) is 9.87. The summed E-state index contributed by atoms with van der Waals surface area (Å²) in [6, 6.07) is 0. The van der Waals surface area contributed by atoms with Gasteiger partial charge < -0.3 is 9.42 Å². The van der Waals surface area contributed by atoms with Crippen LogP contribution in [0.5, 0.6) is 0 Å². The zero-order chi connectivity index (χ0) is 13.3. The molecule has 1 heterocycles. The molecule has 0 amide bonds. The van der Waals surface area contributed by atoms with Gasteiger partial charge in [0, 0.05) is 32.7 Å². The fourth-order valence-corrected chi connectivity index (χ4v) is 1.89. The first-order valence-corrected chi connectivity index (χ1v) is 7.20. The van der Waals surface area contributed by atoms with E-state index in [1.54, 1.807) is 6.08 Å². The van der Waals surface area contributed by atoms with Gasteiger partial charge in [-0.05, 0) is 25.5 Å². The summed E-state index contributed by atoms with van der Waals surface area (Å²) in [5.74, 6) is 0. The molecule has 2 nitrogen and oxygen atoms in total. The molecule has 1 aliphatic heterocycles. The number of likely N-dealkylation sites (tertiary alicyclic amines) is 1. The number of halogens is 1. The maximum atomic E-state index is 5.25. The Kier molecular flexibility index (Phi) is 9.81. The Balaban J connectivity index is 0.00000121. The third kappa shape index (κ3) is 6.40. The highest BCUT2D eigenvalue weighted by molar-refractivity contribution is 9.11. The normalized spacial score (nSPS) is 21.0. The van der Waals surface area contributed by atoms with Crippen LogP contribution < -0.4 is 0 Å². The monoisotopic (exact) mass is 319 g/mol. The van der Waals surface area contributed by atoms with Crippen LogP contribution in [0.3, 0.4) is 0 Å². The molecule has 1 fully saturated rings. The predicted octanol–water partition coefficient (Wildman–Crippen LogP) is 4.26. The number of hydrogen-bond donors (Lipinski definition) is 0. The first-order valence-electron chi connectivity index (χ1n) is 5.94. The average Bonchev–Trinajstić information content (AvgIpc) is 2.86. The Labute approximate surface area is 116 Å². The van der Waals surface area contributed by atoms with Crippen LogP contribution in [0.1, 0.15) is 27.2 Å². The fourth-order valence-electron chi connectivity index (χ4n) is 1.53. The topological polar surface area (TPSA) is 12.5 Å². The summed E-state index contributed by atoms with van der Waals surface area (Å²) in [7, 11) is 2.34. The summed E-state index contributed by atoms with van der Waals surface area (Å²) in [6.45, 7) is 11.8. The molecule has 1 saturated heterocycles. The van der Waals surface area contributed by atoms with E-state index < -0.39 is 0 Å². The molecule has 1 rings (SSSR count). The lowest BCUT2D eigenvalue weighted by Crippen LogP contribution is -2.20. The highest BCUT2D eigenvalue weighted by Crippen LogP contribution is 2.19. The van der Waals surface area contributed by atoms with Crippen molar-refractivity contribution in [3.8, 4) is 0 Å². The summed E-state index contributed by atoms with van der Waals surface area (Å²) >= 11 is 3.39. The molecule has 0 aromatic rings. The molecule has 0 aromatic heterocycles. The van der Waals surface area contributed by atoms with E-state index in [9.17, 15) is 0 Å². The molecule has 0 spiro atoms. The Bertz CT molecular complexity index is 289. The molecular weight excluding hydrogens is 297 g/mol. The minimum atomic E-state index is 0.352. The molecule has 98 valence electrons. The lowest BCUT2D eigenvalue weighted by molar-refractivity contribution is 0.246. The van der Waals surface area contributed by atoms with Gasteiger partial charge in [-0.25, -0.2) is 0 Å². The average molecular weight is 320 g/mol. The molecule has 2 atom stereocenters. The van der Waals surface area contributed by atoms with Gasteiger partial charge in [-0.3, -0.25) is 0 Å². The van der Waals surface area contributed by atoms with Crippen LogP contribution in [0.25, 0.3) is 0 Å². The third-order valence-electron chi connectivity index (χ3n) is 2.52. The van der Waals surface area contributed by atoms with E-state index in [0.29, 0.717) is 6.10 Å². The standard InChI is InChI=1S/C11H17BrNOP.C2H6/c1-3-10(12)5-4-9(2)13-7-6-11(8-13)14-15;1-2/h3-5,11H,1,6-8,15H2,2H3;1-2H3/b9-4+,10-5+;. The van der Waals surface area contributed by atoms with Gasteiger partial charge in [-0.15, -0.1) is 0 Å². The third-order valence-corrected chi connectivity index (χ3v) is 3.49. The molecular formula is C13H23BrNOP. The highest BCUT2D eigenvalue weighted by Gasteiger charge is 2.21. The number of nitrogens with zero attached hydrogens (tertiary/aromatic N) is 1. The van der Waals surface area contributed by atoms with E-state index in [1.165, 1.54) is 5.70 Å². The molecule has 0 radical (unpaired) electrons. The van der Waals surface area contributed by atoms with Crippen molar-refractivity contribution in [3.05, 3.63) is 35.0 Å². The van der Waals surface area contributed by atoms with Gasteiger partial charge in [0.05, 0.1) is 6.10 Å². The summed E-state index contributed by atoms with van der Waals surface area (Å²) < 4.78 is 6.25. The molecule has 2 unspecified atom stereocenters. The van der Waals surface area contributed by atoms with Gasteiger partial charge in [0.15, 0.2) is 0 Å². The van der Waals surface area contributed by atoms with Crippen molar-refractivity contribution >= 4 is 25.4 Å². The van der Waals surface area contributed by atoms with Crippen LogP contribution in [0.2, 0.25) is 0 Å². The smallest absolute Gasteiger partial charge is 0.0802 e. The lowest BCUT2D eigenvalue weighted by Gasteiger charge is -2.18. The Morgan fingerprint density at radius 2 is 2.12 bits per heavy atom. The molecule has 17 heavy (non-hydrogen) atoms. The second-order valence-electron chi connectivity index (χ2n) is 3.56. The van der Waals surface area contributed by atoms with Crippen LogP contribution in [0.4, 0.5) is 0 Å². The van der Waals surface area contributed by atoms with Gasteiger partial charge in [0.1, 0.15) is 0 Å². The Morgan fingerprint density at radius 3 is 2.59 bits per heavy atom. The van der Waals surface area contributed by atoms with Crippen LogP contribution in [0, 0.1) is 0 Å². The highest BCUT2D eigenvalue weighted by atomic mass is 79.9. The van der Waals surface area contributed by atoms with Gasteiger partial charge >= 0.3 is 0 Å². The Hall–Kier alpha value is -0.110. The quantitative estimate of drug-likeness (QED) is 0.567. The summed E-state index contributed by atoms with van der Waals surface area (Å²) in [6.07, 6.45) is 7.34. The SMILES string of the molecule is C=C/C(Br)=C\C=C(/C)N1CCC(OP)C1.CC. The van der Waals surface area contributed by atoms with Gasteiger partial charge in [-0.2, -0.15) is 0 Å². The molecule has 0 aromatic carbocycles. The van der Waals surface area contributed by atoms with Crippen LogP contribution in [0.15, 0.2) is 35.0 Å². The minimum absolute atomic E-state index is 0.352. The summed E-state index contributed by atoms with van der Waals surface area (Å²) in [4.78, 5) is 2.33. The predicted molar refractivity (Wildman–Crippen MR) is 83.1 cm³/mol. The summed E-state index contributed by atoms with van der Waals surface area (Å²) in [5, 5.41) is 0. The maximum absolute atomic E-state index is 5.25. The van der Waals surface area contributed by atoms with Crippen molar-refractivity contribution in [3.63, 3.8) is 0 Å². The number of rotatable bonds is 4. The van der Waals surface area contributed by atoms with E-state index in [0.717, 1.165) is 24.0 Å². The van der Waals surface area contributed by atoms with Crippen LogP contribution in [-0.2, 0) is 4.52 Å². The van der Waals surface area contributed by atoms with Crippen molar-refractivity contribution in [2.75, 3.05) is 13.1 Å². The van der Waals surface area contributed by atoms with Crippen molar-refractivity contribution in [2.45, 2.75) is 33.3 Å². The minimum Gasteiger partial charge on any atom is -0.372 e. The largest absolute Gasteiger partial charge is 0.372 e. The number of allylic oxidation sites excluding steroid dienone is 5. The molecule has 1 aliphatic rings. The van der Waals surface area contributed by atoms with Crippen molar-refractivity contribution in [1.29, 1.82) is 0 Å².